The lowest BCUT2D eigenvalue weighted by Gasteiger charge is -2.35. The molecule has 0 amide bonds. The summed E-state index contributed by atoms with van der Waals surface area (Å²) in [6, 6.07) is 11.1. The summed E-state index contributed by atoms with van der Waals surface area (Å²) in [7, 11) is -3.27. The molecule has 4 rings (SSSR count). The fraction of sp³-hybridized carbons (Fsp3) is 0.222. The van der Waals surface area contributed by atoms with Crippen molar-refractivity contribution in [1.82, 2.24) is 0 Å². The number of benzene rings is 3. The summed E-state index contributed by atoms with van der Waals surface area (Å²) in [5, 5.41) is 0.174. The van der Waals surface area contributed by atoms with Crippen LogP contribution in [0.5, 0.6) is 11.5 Å². The van der Waals surface area contributed by atoms with E-state index >= 15 is 0 Å². The van der Waals surface area contributed by atoms with Gasteiger partial charge in [-0.05, 0) is 54.5 Å². The number of fused-ring (bicyclic) bond motifs is 1. The van der Waals surface area contributed by atoms with Crippen molar-refractivity contribution in [2.45, 2.75) is 30.5 Å². The minimum Gasteiger partial charge on any atom is -0.486 e. The van der Waals surface area contributed by atoms with Crippen LogP contribution in [0.2, 0.25) is 5.02 Å². The largest absolute Gasteiger partial charge is 0.486 e. The molecule has 1 atom stereocenters. The van der Waals surface area contributed by atoms with Crippen molar-refractivity contribution in [2.24, 2.45) is 0 Å². The molecular formula is C27H22ClF4NO6S. The molecule has 0 spiro atoms. The van der Waals surface area contributed by atoms with Crippen molar-refractivity contribution >= 4 is 45.4 Å². The maximum absolute atomic E-state index is 14.2. The monoisotopic (exact) mass is 599 g/mol. The zero-order chi connectivity index (χ0) is 29.0. The first-order chi connectivity index (χ1) is 19.0. The van der Waals surface area contributed by atoms with Crippen LogP contribution in [0.15, 0.2) is 59.5 Å². The molecule has 0 fully saturated rings. The van der Waals surface area contributed by atoms with Gasteiger partial charge >= 0.3 is 12.6 Å². The third-order valence-electron chi connectivity index (χ3n) is 5.96. The highest BCUT2D eigenvalue weighted by Gasteiger charge is 2.35. The van der Waals surface area contributed by atoms with E-state index in [1.54, 1.807) is 6.07 Å². The van der Waals surface area contributed by atoms with Crippen molar-refractivity contribution in [3.8, 4) is 11.5 Å². The molecule has 0 radical (unpaired) electrons. The predicted octanol–water partition coefficient (Wildman–Crippen LogP) is 6.30. The highest BCUT2D eigenvalue weighted by atomic mass is 35.5. The quantitative estimate of drug-likeness (QED) is 0.163. The second-order valence-corrected chi connectivity index (χ2v) is 10.8. The van der Waals surface area contributed by atoms with E-state index in [4.69, 9.17) is 16.3 Å². The number of esters is 1. The van der Waals surface area contributed by atoms with Gasteiger partial charge < -0.3 is 14.2 Å². The van der Waals surface area contributed by atoms with Gasteiger partial charge in [0.15, 0.2) is 11.6 Å². The molecule has 0 N–H and O–H groups in total. The lowest BCUT2D eigenvalue weighted by atomic mass is 10.1. The smallest absolute Gasteiger partial charge is 0.387 e. The van der Waals surface area contributed by atoms with E-state index in [1.807, 2.05) is 0 Å². The van der Waals surface area contributed by atoms with Gasteiger partial charge in [-0.2, -0.15) is 8.78 Å². The zero-order valence-electron chi connectivity index (χ0n) is 20.8. The minimum atomic E-state index is -4.48. The van der Waals surface area contributed by atoms with Gasteiger partial charge in [0.1, 0.15) is 17.7 Å². The first-order valence-corrected chi connectivity index (χ1v) is 13.6. The van der Waals surface area contributed by atoms with Crippen LogP contribution in [0.1, 0.15) is 24.0 Å². The van der Waals surface area contributed by atoms with E-state index in [1.165, 1.54) is 49.6 Å². The van der Waals surface area contributed by atoms with Crippen LogP contribution in [0.25, 0.3) is 12.2 Å². The van der Waals surface area contributed by atoms with Crippen LogP contribution in [-0.2, 0) is 19.6 Å². The number of carbonyl (C=O) groups excluding carboxylic acids is 1. The number of alkyl halides is 2. The highest BCUT2D eigenvalue weighted by molar-refractivity contribution is 7.92. The molecule has 1 aliphatic heterocycles. The van der Waals surface area contributed by atoms with Gasteiger partial charge in [0.05, 0.1) is 29.3 Å². The standard InChI is InChI=1S/C27H22ClF4NO6S/c1-37-26(34)12-7-17-15-33(40(35,36)18-8-10-22(30)25(14-18)39-27(31)32)23-13-16(6-11-24(23)38-17)5-9-19-20(28)3-2-4-21(19)29/h2-6,8-11,13-14,17,27H,7,12,15H2,1H3. The second-order valence-electron chi connectivity index (χ2n) is 8.56. The van der Waals surface area contributed by atoms with Gasteiger partial charge in [0.25, 0.3) is 10.0 Å². The number of ether oxygens (including phenoxy) is 3. The molecule has 13 heteroatoms. The Bertz CT molecular complexity index is 1530. The summed E-state index contributed by atoms with van der Waals surface area (Å²) < 4.78 is 96.9. The number of nitrogens with zero attached hydrogens (tertiary/aromatic N) is 1. The Morgan fingerprint density at radius 1 is 1.12 bits per heavy atom. The number of methoxy groups -OCH3 is 1. The average Bonchev–Trinajstić information content (AvgIpc) is 2.91. The molecule has 3 aromatic carbocycles. The molecular weight excluding hydrogens is 578 g/mol. The third kappa shape index (κ3) is 6.50. The van der Waals surface area contributed by atoms with E-state index < -0.39 is 51.0 Å². The van der Waals surface area contributed by atoms with E-state index in [0.717, 1.165) is 10.4 Å². The molecule has 0 saturated heterocycles. The molecule has 1 unspecified atom stereocenters. The summed E-state index contributed by atoms with van der Waals surface area (Å²) >= 11 is 6.08. The molecule has 3 aromatic rings. The SMILES string of the molecule is COC(=O)CCC1CN(S(=O)(=O)c2ccc(F)c(OC(F)F)c2)c2cc(C=Cc3c(F)cccc3Cl)ccc2O1. The zero-order valence-corrected chi connectivity index (χ0v) is 22.4. The summed E-state index contributed by atoms with van der Waals surface area (Å²) in [6.07, 6.45) is 2.21. The van der Waals surface area contributed by atoms with Crippen molar-refractivity contribution in [3.63, 3.8) is 0 Å². The van der Waals surface area contributed by atoms with Gasteiger partial charge in [-0.15, -0.1) is 0 Å². The van der Waals surface area contributed by atoms with Crippen molar-refractivity contribution in [2.75, 3.05) is 18.0 Å². The van der Waals surface area contributed by atoms with Crippen LogP contribution in [0.4, 0.5) is 23.2 Å². The Balaban J connectivity index is 1.75. The Morgan fingerprint density at radius 2 is 1.90 bits per heavy atom. The highest BCUT2D eigenvalue weighted by Crippen LogP contribution is 2.39. The van der Waals surface area contributed by atoms with E-state index in [9.17, 15) is 30.8 Å². The van der Waals surface area contributed by atoms with Crippen molar-refractivity contribution < 1.29 is 45.0 Å². The van der Waals surface area contributed by atoms with Crippen LogP contribution >= 0.6 is 11.6 Å². The number of hydrogen-bond acceptors (Lipinski definition) is 6. The van der Waals surface area contributed by atoms with Crippen LogP contribution < -0.4 is 13.8 Å². The second kappa shape index (κ2) is 12.2. The maximum atomic E-state index is 14.2. The normalized spacial score (nSPS) is 15.2. The first kappa shape index (κ1) is 29.2. The Kier molecular flexibility index (Phi) is 8.89. The summed E-state index contributed by atoms with van der Waals surface area (Å²) in [6.45, 7) is -3.64. The lowest BCUT2D eigenvalue weighted by molar-refractivity contribution is -0.141. The van der Waals surface area contributed by atoms with Gasteiger partial charge in [0.2, 0.25) is 0 Å². The first-order valence-electron chi connectivity index (χ1n) is 11.8. The third-order valence-corrected chi connectivity index (χ3v) is 8.07. The molecule has 0 aliphatic carbocycles. The van der Waals surface area contributed by atoms with Crippen molar-refractivity contribution in [3.05, 3.63) is 82.4 Å². The summed E-state index contributed by atoms with van der Waals surface area (Å²) in [5.41, 5.74) is 0.663. The molecule has 0 bridgehead atoms. The molecule has 1 aliphatic rings. The number of halogens is 5. The van der Waals surface area contributed by atoms with E-state index in [-0.39, 0.29) is 41.4 Å². The molecule has 7 nitrogen and oxygen atoms in total. The fourth-order valence-corrected chi connectivity index (χ4v) is 5.74. The Morgan fingerprint density at radius 3 is 2.60 bits per heavy atom. The topological polar surface area (TPSA) is 82.1 Å². The van der Waals surface area contributed by atoms with Gasteiger partial charge in [-0.1, -0.05) is 29.8 Å². The summed E-state index contributed by atoms with van der Waals surface area (Å²) in [5.74, 6) is -3.04. The Labute approximate surface area is 232 Å². The fourth-order valence-electron chi connectivity index (χ4n) is 4.00. The molecule has 40 heavy (non-hydrogen) atoms. The molecule has 0 aromatic heterocycles. The number of rotatable bonds is 9. The Hall–Kier alpha value is -3.77. The average molecular weight is 600 g/mol. The summed E-state index contributed by atoms with van der Waals surface area (Å²) in [4.78, 5) is 11.2. The molecule has 1 heterocycles. The molecule has 0 saturated carbocycles. The number of anilines is 1. The number of hydrogen-bond donors (Lipinski definition) is 0. The number of sulfonamides is 1. The predicted molar refractivity (Wildman–Crippen MR) is 140 cm³/mol. The minimum absolute atomic E-state index is 0.0580. The van der Waals surface area contributed by atoms with Gasteiger partial charge in [-0.25, -0.2) is 17.2 Å². The van der Waals surface area contributed by atoms with Gasteiger partial charge in [-0.3, -0.25) is 9.10 Å². The van der Waals surface area contributed by atoms with Crippen LogP contribution in [0, 0.1) is 11.6 Å². The van der Waals surface area contributed by atoms with Crippen LogP contribution in [-0.4, -0.2) is 40.8 Å². The van der Waals surface area contributed by atoms with E-state index in [0.29, 0.717) is 17.7 Å². The molecule has 212 valence electrons. The lowest BCUT2D eigenvalue weighted by Crippen LogP contribution is -2.43. The number of carbonyl (C=O) groups is 1. The van der Waals surface area contributed by atoms with Crippen LogP contribution in [0.3, 0.4) is 0 Å². The van der Waals surface area contributed by atoms with Gasteiger partial charge in [0, 0.05) is 18.1 Å². The van der Waals surface area contributed by atoms with Crippen molar-refractivity contribution in [1.29, 1.82) is 0 Å². The van der Waals surface area contributed by atoms with E-state index in [2.05, 4.69) is 9.47 Å². The maximum Gasteiger partial charge on any atom is 0.387 e.